The number of aromatic nitrogens is 1. The van der Waals surface area contributed by atoms with Crippen molar-refractivity contribution in [3.05, 3.63) is 65.4 Å². The minimum absolute atomic E-state index is 0.00338. The maximum atomic E-state index is 13.5. The molecule has 0 bridgehead atoms. The number of fused-ring (bicyclic) bond motifs is 1. The lowest BCUT2D eigenvalue weighted by molar-refractivity contribution is -0.126. The number of rotatable bonds is 4. The highest BCUT2D eigenvalue weighted by molar-refractivity contribution is 5.99. The highest BCUT2D eigenvalue weighted by atomic mass is 19.1. The van der Waals surface area contributed by atoms with E-state index in [-0.39, 0.29) is 29.3 Å². The van der Waals surface area contributed by atoms with Gasteiger partial charge in [0.15, 0.2) is 5.76 Å². The first kappa shape index (κ1) is 19.1. The number of pyridine rings is 1. The van der Waals surface area contributed by atoms with E-state index < -0.39 is 0 Å². The van der Waals surface area contributed by atoms with Gasteiger partial charge in [-0.05, 0) is 49.6 Å². The summed E-state index contributed by atoms with van der Waals surface area (Å²) in [4.78, 5) is 31.1. The number of likely N-dealkylation sites (tertiary alicyclic amines) is 1. The smallest absolute Gasteiger partial charge is 0.289 e. The molecule has 0 unspecified atom stereocenters. The summed E-state index contributed by atoms with van der Waals surface area (Å²) >= 11 is 0. The number of piperidine rings is 1. The Morgan fingerprint density at radius 2 is 2.07 bits per heavy atom. The van der Waals surface area contributed by atoms with Crippen LogP contribution in [0.4, 0.5) is 4.39 Å². The highest BCUT2D eigenvalue weighted by Crippen LogP contribution is 2.28. The summed E-state index contributed by atoms with van der Waals surface area (Å²) in [5, 5.41) is 3.55. The van der Waals surface area contributed by atoms with Crippen molar-refractivity contribution in [1.29, 1.82) is 0 Å². The summed E-state index contributed by atoms with van der Waals surface area (Å²) in [6.07, 6.45) is 4.61. The molecule has 0 aliphatic carbocycles. The molecule has 2 aromatic heterocycles. The monoisotopic (exact) mass is 395 g/mol. The number of aryl methyl sites for hydroxylation is 1. The number of hydrogen-bond donors (Lipinski definition) is 1. The van der Waals surface area contributed by atoms with Crippen molar-refractivity contribution in [2.24, 2.45) is 5.92 Å². The molecule has 1 aromatic carbocycles. The molecular weight excluding hydrogens is 373 g/mol. The van der Waals surface area contributed by atoms with E-state index in [9.17, 15) is 14.0 Å². The van der Waals surface area contributed by atoms with Gasteiger partial charge in [0.1, 0.15) is 11.4 Å². The number of halogens is 1. The van der Waals surface area contributed by atoms with Gasteiger partial charge in [-0.3, -0.25) is 14.6 Å². The molecule has 7 heteroatoms. The fourth-order valence-corrected chi connectivity index (χ4v) is 3.72. The second-order valence-corrected chi connectivity index (χ2v) is 7.34. The van der Waals surface area contributed by atoms with Gasteiger partial charge >= 0.3 is 0 Å². The third kappa shape index (κ3) is 3.99. The van der Waals surface area contributed by atoms with Crippen molar-refractivity contribution < 1.29 is 18.4 Å². The molecule has 4 rings (SSSR count). The van der Waals surface area contributed by atoms with Gasteiger partial charge in [0, 0.05) is 48.9 Å². The number of furan rings is 1. The van der Waals surface area contributed by atoms with Crippen molar-refractivity contribution in [2.75, 3.05) is 13.1 Å². The van der Waals surface area contributed by atoms with E-state index in [0.29, 0.717) is 49.0 Å². The van der Waals surface area contributed by atoms with Crippen LogP contribution in [0.1, 0.15) is 34.5 Å². The minimum Gasteiger partial charge on any atom is -0.451 e. The fraction of sp³-hybridized carbons (Fsp3) is 0.318. The van der Waals surface area contributed by atoms with Gasteiger partial charge in [0.25, 0.3) is 5.91 Å². The van der Waals surface area contributed by atoms with Crippen LogP contribution in [0.2, 0.25) is 0 Å². The van der Waals surface area contributed by atoms with Crippen LogP contribution in [-0.2, 0) is 11.3 Å². The van der Waals surface area contributed by atoms with E-state index >= 15 is 0 Å². The molecule has 3 aromatic rings. The lowest BCUT2D eigenvalue weighted by Gasteiger charge is -2.31. The first-order chi connectivity index (χ1) is 14.0. The predicted molar refractivity (Wildman–Crippen MR) is 106 cm³/mol. The Bertz CT molecular complexity index is 1040. The Morgan fingerprint density at radius 3 is 2.79 bits per heavy atom. The fourth-order valence-electron chi connectivity index (χ4n) is 3.72. The van der Waals surface area contributed by atoms with Gasteiger partial charge in [0.2, 0.25) is 5.91 Å². The number of amides is 2. The molecule has 0 spiro atoms. The van der Waals surface area contributed by atoms with E-state index in [1.807, 2.05) is 12.1 Å². The van der Waals surface area contributed by atoms with Gasteiger partial charge in [-0.1, -0.05) is 6.07 Å². The molecular formula is C22H22FN3O3. The Balaban J connectivity index is 1.36. The maximum Gasteiger partial charge on any atom is 0.289 e. The summed E-state index contributed by atoms with van der Waals surface area (Å²) in [7, 11) is 0. The molecule has 0 atom stereocenters. The lowest BCUT2D eigenvalue weighted by atomic mass is 9.95. The zero-order valence-electron chi connectivity index (χ0n) is 16.2. The molecule has 150 valence electrons. The van der Waals surface area contributed by atoms with Crippen LogP contribution in [0.3, 0.4) is 0 Å². The average molecular weight is 395 g/mol. The zero-order chi connectivity index (χ0) is 20.4. The Hall–Kier alpha value is -3.22. The van der Waals surface area contributed by atoms with E-state index in [1.165, 1.54) is 18.2 Å². The van der Waals surface area contributed by atoms with E-state index in [4.69, 9.17) is 4.42 Å². The molecule has 1 aliphatic heterocycles. The predicted octanol–water partition coefficient (Wildman–Crippen LogP) is 3.44. The SMILES string of the molecule is Cc1c(C(=O)N2CCC(C(=O)NCc3cccnc3)CC2)oc2ccc(F)cc12. The van der Waals surface area contributed by atoms with Gasteiger partial charge < -0.3 is 14.6 Å². The molecule has 0 saturated carbocycles. The maximum absolute atomic E-state index is 13.5. The molecule has 1 aliphatic rings. The Morgan fingerprint density at radius 1 is 1.28 bits per heavy atom. The molecule has 1 fully saturated rings. The van der Waals surface area contributed by atoms with Crippen LogP contribution < -0.4 is 5.32 Å². The number of carbonyl (C=O) groups excluding carboxylic acids is 2. The van der Waals surface area contributed by atoms with Gasteiger partial charge in [0.05, 0.1) is 0 Å². The summed E-state index contributed by atoms with van der Waals surface area (Å²) in [6.45, 7) is 3.17. The van der Waals surface area contributed by atoms with Crippen molar-refractivity contribution >= 4 is 22.8 Å². The van der Waals surface area contributed by atoms with Crippen LogP contribution in [0, 0.1) is 18.7 Å². The third-order valence-electron chi connectivity index (χ3n) is 5.43. The normalized spacial score (nSPS) is 14.9. The molecule has 2 amide bonds. The van der Waals surface area contributed by atoms with E-state index in [1.54, 1.807) is 24.2 Å². The van der Waals surface area contributed by atoms with Crippen LogP contribution >= 0.6 is 0 Å². The molecule has 1 N–H and O–H groups in total. The number of nitrogens with one attached hydrogen (secondary N) is 1. The molecule has 1 saturated heterocycles. The second-order valence-electron chi connectivity index (χ2n) is 7.34. The first-order valence-corrected chi connectivity index (χ1v) is 9.67. The number of carbonyl (C=O) groups is 2. The summed E-state index contributed by atoms with van der Waals surface area (Å²) in [5.41, 5.74) is 2.09. The van der Waals surface area contributed by atoms with Crippen molar-refractivity contribution in [1.82, 2.24) is 15.2 Å². The topological polar surface area (TPSA) is 75.4 Å². The number of benzene rings is 1. The first-order valence-electron chi connectivity index (χ1n) is 9.67. The van der Waals surface area contributed by atoms with Gasteiger partial charge in [-0.2, -0.15) is 0 Å². The molecule has 6 nitrogen and oxygen atoms in total. The summed E-state index contributed by atoms with van der Waals surface area (Å²) < 4.78 is 19.2. The lowest BCUT2D eigenvalue weighted by Crippen LogP contribution is -2.43. The largest absolute Gasteiger partial charge is 0.451 e. The second kappa shape index (κ2) is 8.03. The van der Waals surface area contributed by atoms with Crippen molar-refractivity contribution in [3.8, 4) is 0 Å². The molecule has 3 heterocycles. The van der Waals surface area contributed by atoms with E-state index in [2.05, 4.69) is 10.3 Å². The standard InChI is InChI=1S/C22H22FN3O3/c1-14-18-11-17(23)4-5-19(18)29-20(14)22(28)26-9-6-16(7-10-26)21(27)25-13-15-3-2-8-24-12-15/h2-5,8,11-12,16H,6-7,9-10,13H2,1H3,(H,25,27). The van der Waals surface area contributed by atoms with Crippen LogP contribution in [0.5, 0.6) is 0 Å². The molecule has 0 radical (unpaired) electrons. The van der Waals surface area contributed by atoms with E-state index in [0.717, 1.165) is 5.56 Å². The van der Waals surface area contributed by atoms with Crippen molar-refractivity contribution in [3.63, 3.8) is 0 Å². The Kier molecular flexibility index (Phi) is 5.29. The minimum atomic E-state index is -0.362. The van der Waals surface area contributed by atoms with Crippen LogP contribution in [0.15, 0.2) is 47.1 Å². The van der Waals surface area contributed by atoms with Crippen LogP contribution in [-0.4, -0.2) is 34.8 Å². The van der Waals surface area contributed by atoms with Gasteiger partial charge in [-0.15, -0.1) is 0 Å². The Labute approximate surface area is 167 Å². The molecule has 29 heavy (non-hydrogen) atoms. The zero-order valence-corrected chi connectivity index (χ0v) is 16.2. The van der Waals surface area contributed by atoms with Crippen LogP contribution in [0.25, 0.3) is 11.0 Å². The quantitative estimate of drug-likeness (QED) is 0.734. The summed E-state index contributed by atoms with van der Waals surface area (Å²) in [5.74, 6) is -0.463. The van der Waals surface area contributed by atoms with Crippen molar-refractivity contribution in [2.45, 2.75) is 26.3 Å². The number of hydrogen-bond acceptors (Lipinski definition) is 4. The third-order valence-corrected chi connectivity index (χ3v) is 5.43. The van der Waals surface area contributed by atoms with Gasteiger partial charge in [-0.25, -0.2) is 4.39 Å². The number of nitrogens with zero attached hydrogens (tertiary/aromatic N) is 2. The summed E-state index contributed by atoms with van der Waals surface area (Å²) in [6, 6.07) is 7.97. The highest BCUT2D eigenvalue weighted by Gasteiger charge is 2.30. The average Bonchev–Trinajstić information content (AvgIpc) is 3.08.